The van der Waals surface area contributed by atoms with Gasteiger partial charge in [-0.3, -0.25) is 19.7 Å². The number of rotatable bonds is 9. The zero-order valence-corrected chi connectivity index (χ0v) is 10.1. The van der Waals surface area contributed by atoms with Gasteiger partial charge in [0, 0.05) is 0 Å². The maximum atomic E-state index is 10.8. The predicted molar refractivity (Wildman–Crippen MR) is 61.2 cm³/mol. The highest BCUT2D eigenvalue weighted by atomic mass is 32.2. The van der Waals surface area contributed by atoms with E-state index in [2.05, 4.69) is 5.32 Å². The van der Waals surface area contributed by atoms with Crippen LogP contribution in [0.3, 0.4) is 0 Å². The van der Waals surface area contributed by atoms with Crippen LogP contribution in [-0.4, -0.2) is 57.3 Å². The molecule has 0 saturated carbocycles. The van der Waals surface area contributed by atoms with Crippen LogP contribution >= 0.6 is 11.8 Å². The molecule has 0 aromatic rings. The second-order valence-electron chi connectivity index (χ2n) is 3.33. The van der Waals surface area contributed by atoms with Crippen LogP contribution < -0.4 is 5.32 Å². The van der Waals surface area contributed by atoms with Crippen LogP contribution in [0.15, 0.2) is 0 Å². The number of carboxylic acids is 3. The number of thioether (sulfide) groups is 1. The van der Waals surface area contributed by atoms with E-state index in [4.69, 9.17) is 15.3 Å². The molecule has 8 heteroatoms. The third-order valence-corrected chi connectivity index (χ3v) is 2.63. The van der Waals surface area contributed by atoms with Gasteiger partial charge in [0.2, 0.25) is 0 Å². The minimum absolute atomic E-state index is 0.236. The lowest BCUT2D eigenvalue weighted by Crippen LogP contribution is -2.48. The van der Waals surface area contributed by atoms with Crippen molar-refractivity contribution in [2.24, 2.45) is 0 Å². The van der Waals surface area contributed by atoms with Gasteiger partial charge in [-0.15, -0.1) is 0 Å². The van der Waals surface area contributed by atoms with Crippen molar-refractivity contribution in [3.8, 4) is 0 Å². The molecule has 0 spiro atoms. The average molecular weight is 265 g/mol. The van der Waals surface area contributed by atoms with Gasteiger partial charge in [0.1, 0.15) is 12.1 Å². The molecule has 0 rings (SSSR count). The Morgan fingerprint density at radius 2 is 1.65 bits per heavy atom. The Labute approximate surface area is 102 Å². The fraction of sp³-hybridized carbons (Fsp3) is 0.667. The molecule has 0 bridgehead atoms. The van der Waals surface area contributed by atoms with Gasteiger partial charge in [0.05, 0.1) is 6.42 Å². The molecule has 0 aliphatic carbocycles. The fourth-order valence-electron chi connectivity index (χ4n) is 1.15. The SMILES string of the molecule is CSCCC(NC(CC(=O)O)C(=O)O)C(=O)O. The van der Waals surface area contributed by atoms with Crippen LogP contribution in [0.5, 0.6) is 0 Å². The van der Waals surface area contributed by atoms with Crippen LogP contribution in [0.25, 0.3) is 0 Å². The molecule has 98 valence electrons. The van der Waals surface area contributed by atoms with Gasteiger partial charge in [0.15, 0.2) is 0 Å². The maximum Gasteiger partial charge on any atom is 0.321 e. The van der Waals surface area contributed by atoms with Gasteiger partial charge in [-0.1, -0.05) is 0 Å². The summed E-state index contributed by atoms with van der Waals surface area (Å²) in [4.78, 5) is 32.0. The Morgan fingerprint density at radius 3 is 2.00 bits per heavy atom. The molecule has 0 amide bonds. The van der Waals surface area contributed by atoms with E-state index in [1.165, 1.54) is 11.8 Å². The van der Waals surface area contributed by atoms with Crippen LogP contribution in [0.1, 0.15) is 12.8 Å². The van der Waals surface area contributed by atoms with Crippen molar-refractivity contribution in [3.63, 3.8) is 0 Å². The van der Waals surface area contributed by atoms with Crippen molar-refractivity contribution < 1.29 is 29.7 Å². The Balaban J connectivity index is 4.50. The zero-order valence-electron chi connectivity index (χ0n) is 9.25. The van der Waals surface area contributed by atoms with Crippen molar-refractivity contribution in [3.05, 3.63) is 0 Å². The standard InChI is InChI=1S/C9H15NO6S/c1-17-3-2-5(8(13)14)10-6(9(15)16)4-7(11)12/h5-6,10H,2-4H2,1H3,(H,11,12)(H,13,14)(H,15,16). The van der Waals surface area contributed by atoms with E-state index < -0.39 is 36.4 Å². The van der Waals surface area contributed by atoms with Crippen molar-refractivity contribution in [1.29, 1.82) is 0 Å². The van der Waals surface area contributed by atoms with Gasteiger partial charge in [0.25, 0.3) is 0 Å². The highest BCUT2D eigenvalue weighted by Crippen LogP contribution is 2.04. The quantitative estimate of drug-likeness (QED) is 0.448. The van der Waals surface area contributed by atoms with Crippen LogP contribution in [-0.2, 0) is 14.4 Å². The second kappa shape index (κ2) is 7.91. The summed E-state index contributed by atoms with van der Waals surface area (Å²) in [6, 6.07) is -2.45. The third kappa shape index (κ3) is 6.80. The maximum absolute atomic E-state index is 10.8. The second-order valence-corrected chi connectivity index (χ2v) is 4.31. The average Bonchev–Trinajstić information content (AvgIpc) is 2.21. The Bertz CT molecular complexity index is 295. The van der Waals surface area contributed by atoms with Crippen molar-refractivity contribution >= 4 is 29.7 Å². The van der Waals surface area contributed by atoms with Crippen molar-refractivity contribution in [1.82, 2.24) is 5.32 Å². The molecule has 2 unspecified atom stereocenters. The summed E-state index contributed by atoms with van der Waals surface area (Å²) in [5, 5.41) is 28.4. The monoisotopic (exact) mass is 265 g/mol. The Hall–Kier alpha value is -1.28. The van der Waals surface area contributed by atoms with E-state index >= 15 is 0 Å². The molecule has 0 aromatic heterocycles. The summed E-state index contributed by atoms with van der Waals surface area (Å²) in [5.74, 6) is -3.30. The molecule has 0 saturated heterocycles. The molecule has 0 radical (unpaired) electrons. The molecule has 7 nitrogen and oxygen atoms in total. The normalized spacial score (nSPS) is 13.9. The number of nitrogens with one attached hydrogen (secondary N) is 1. The summed E-state index contributed by atoms with van der Waals surface area (Å²) in [6.45, 7) is 0. The van der Waals surface area contributed by atoms with Crippen molar-refractivity contribution in [2.45, 2.75) is 24.9 Å². The zero-order chi connectivity index (χ0) is 13.4. The molecule has 2 atom stereocenters. The summed E-state index contributed by atoms with van der Waals surface area (Å²) < 4.78 is 0. The van der Waals surface area contributed by atoms with E-state index in [-0.39, 0.29) is 6.42 Å². The van der Waals surface area contributed by atoms with E-state index in [1.54, 1.807) is 6.26 Å². The molecule has 0 aromatic carbocycles. The molecular weight excluding hydrogens is 250 g/mol. The Morgan fingerprint density at radius 1 is 1.12 bits per heavy atom. The first-order valence-corrected chi connectivity index (χ1v) is 6.20. The highest BCUT2D eigenvalue weighted by Gasteiger charge is 2.27. The summed E-state index contributed by atoms with van der Waals surface area (Å²) in [7, 11) is 0. The molecule has 4 N–H and O–H groups in total. The Kier molecular flexibility index (Phi) is 7.31. The van der Waals surface area contributed by atoms with E-state index in [9.17, 15) is 14.4 Å². The molecule has 0 aliphatic heterocycles. The topological polar surface area (TPSA) is 124 Å². The smallest absolute Gasteiger partial charge is 0.321 e. The van der Waals surface area contributed by atoms with Gasteiger partial charge in [-0.25, -0.2) is 0 Å². The molecule has 17 heavy (non-hydrogen) atoms. The van der Waals surface area contributed by atoms with Gasteiger partial charge in [-0.05, 0) is 18.4 Å². The fourth-order valence-corrected chi connectivity index (χ4v) is 1.62. The van der Waals surface area contributed by atoms with Crippen LogP contribution in [0, 0.1) is 0 Å². The summed E-state index contributed by atoms with van der Waals surface area (Å²) >= 11 is 1.43. The number of hydrogen-bond donors (Lipinski definition) is 4. The predicted octanol–water partition coefficient (Wildman–Crippen LogP) is -0.290. The lowest BCUT2D eigenvalue weighted by Gasteiger charge is -2.18. The van der Waals surface area contributed by atoms with E-state index in [1.807, 2.05) is 0 Å². The first kappa shape index (κ1) is 15.7. The largest absolute Gasteiger partial charge is 0.481 e. The van der Waals surface area contributed by atoms with Gasteiger partial charge >= 0.3 is 17.9 Å². The minimum atomic E-state index is -1.39. The minimum Gasteiger partial charge on any atom is -0.481 e. The molecule has 0 aliphatic rings. The molecular formula is C9H15NO6S. The number of carboxylic acid groups (broad SMARTS) is 3. The lowest BCUT2D eigenvalue weighted by atomic mass is 10.1. The first-order valence-electron chi connectivity index (χ1n) is 4.80. The number of carbonyl (C=O) groups is 3. The van der Waals surface area contributed by atoms with E-state index in [0.29, 0.717) is 5.75 Å². The van der Waals surface area contributed by atoms with Gasteiger partial charge < -0.3 is 15.3 Å². The van der Waals surface area contributed by atoms with Gasteiger partial charge in [-0.2, -0.15) is 11.8 Å². The summed E-state index contributed by atoms with van der Waals surface area (Å²) in [5.41, 5.74) is 0. The first-order chi connectivity index (χ1) is 7.88. The third-order valence-electron chi connectivity index (χ3n) is 1.99. The van der Waals surface area contributed by atoms with Crippen LogP contribution in [0.4, 0.5) is 0 Å². The number of aliphatic carboxylic acids is 3. The number of hydrogen-bond acceptors (Lipinski definition) is 5. The summed E-state index contributed by atoms with van der Waals surface area (Å²) in [6.07, 6.45) is 1.38. The molecule has 0 fully saturated rings. The van der Waals surface area contributed by atoms with Crippen molar-refractivity contribution in [2.75, 3.05) is 12.0 Å². The van der Waals surface area contributed by atoms with E-state index in [0.717, 1.165) is 0 Å². The molecule has 0 heterocycles. The lowest BCUT2D eigenvalue weighted by molar-refractivity contribution is -0.147. The highest BCUT2D eigenvalue weighted by molar-refractivity contribution is 7.98. The van der Waals surface area contributed by atoms with Crippen LogP contribution in [0.2, 0.25) is 0 Å².